The van der Waals surface area contributed by atoms with Crippen LogP contribution in [0.15, 0.2) is 0 Å². The van der Waals surface area contributed by atoms with Gasteiger partial charge in [-0.05, 0) is 41.5 Å². The Labute approximate surface area is 145 Å². The van der Waals surface area contributed by atoms with Crippen LogP contribution in [0.5, 0.6) is 0 Å². The van der Waals surface area contributed by atoms with Gasteiger partial charge >= 0.3 is 7.60 Å². The highest BCUT2D eigenvalue weighted by Gasteiger charge is 2.33. The minimum Gasteiger partial charge on any atom is -0.341 e. The van der Waals surface area contributed by atoms with Crippen molar-refractivity contribution in [2.45, 2.75) is 41.5 Å². The Kier molecular flexibility index (Phi) is 8.59. The van der Waals surface area contributed by atoms with Crippen LogP contribution in [0, 0.1) is 0 Å². The predicted octanol–water partition coefficient (Wildman–Crippen LogP) is 2.46. The monoisotopic (exact) mass is 359 g/mol. The zero-order chi connectivity index (χ0) is 18.2. The van der Waals surface area contributed by atoms with Gasteiger partial charge in [0.05, 0.1) is 13.2 Å². The standard InChI is InChI=1S/C15H30N5O3P/c1-7-19(8-2)13-16-14(20(9-3)10-4)18-15(17-13)24(21,22-11-5)23-12-6/h7-12H2,1-6H3. The fourth-order valence-electron chi connectivity index (χ4n) is 2.25. The first-order valence-corrected chi connectivity index (χ1v) is 10.2. The summed E-state index contributed by atoms with van der Waals surface area (Å²) in [5.41, 5.74) is 0.0741. The van der Waals surface area contributed by atoms with Crippen LogP contribution in [0.25, 0.3) is 0 Å². The molecule has 1 aromatic heterocycles. The van der Waals surface area contributed by atoms with Crippen molar-refractivity contribution in [1.82, 2.24) is 15.0 Å². The molecule has 0 spiro atoms. The molecule has 0 fully saturated rings. The summed E-state index contributed by atoms with van der Waals surface area (Å²) in [5, 5.41) is 0. The molecule has 1 rings (SSSR count). The molecule has 0 bridgehead atoms. The molecule has 0 radical (unpaired) electrons. The number of rotatable bonds is 11. The summed E-state index contributed by atoms with van der Waals surface area (Å²) in [5.74, 6) is 0.984. The van der Waals surface area contributed by atoms with Gasteiger partial charge in [0.15, 0.2) is 0 Å². The molecule has 0 aliphatic rings. The van der Waals surface area contributed by atoms with E-state index >= 15 is 0 Å². The molecule has 1 heterocycles. The third-order valence-corrected chi connectivity index (χ3v) is 5.42. The molecule has 0 N–H and O–H groups in total. The normalized spacial score (nSPS) is 11.6. The van der Waals surface area contributed by atoms with Crippen molar-refractivity contribution in [1.29, 1.82) is 0 Å². The van der Waals surface area contributed by atoms with Gasteiger partial charge in [-0.3, -0.25) is 4.57 Å². The highest BCUT2D eigenvalue weighted by Crippen LogP contribution is 2.45. The van der Waals surface area contributed by atoms with Gasteiger partial charge < -0.3 is 18.8 Å². The van der Waals surface area contributed by atoms with Crippen LogP contribution in [0.1, 0.15) is 41.5 Å². The van der Waals surface area contributed by atoms with Gasteiger partial charge in [0.2, 0.25) is 17.5 Å². The highest BCUT2D eigenvalue weighted by molar-refractivity contribution is 7.61. The van der Waals surface area contributed by atoms with E-state index in [1.165, 1.54) is 0 Å². The molecule has 0 amide bonds. The molecule has 1 aromatic rings. The molecule has 0 unspecified atom stereocenters. The Bertz CT molecular complexity index is 510. The van der Waals surface area contributed by atoms with Gasteiger partial charge in [-0.1, -0.05) is 0 Å². The number of anilines is 2. The molecule has 24 heavy (non-hydrogen) atoms. The number of aromatic nitrogens is 3. The average Bonchev–Trinajstić information content (AvgIpc) is 2.57. The molecule has 138 valence electrons. The summed E-state index contributed by atoms with van der Waals surface area (Å²) in [4.78, 5) is 17.3. The van der Waals surface area contributed by atoms with E-state index < -0.39 is 7.60 Å². The van der Waals surface area contributed by atoms with Crippen LogP contribution >= 0.6 is 7.60 Å². The molecular weight excluding hydrogens is 329 g/mol. The van der Waals surface area contributed by atoms with Crippen molar-refractivity contribution in [2.24, 2.45) is 0 Å². The van der Waals surface area contributed by atoms with E-state index in [0.29, 0.717) is 11.9 Å². The molecular formula is C15H30N5O3P. The maximum Gasteiger partial charge on any atom is 0.398 e. The Hall–Kier alpha value is -1.24. The van der Waals surface area contributed by atoms with Crippen LogP contribution < -0.4 is 15.4 Å². The lowest BCUT2D eigenvalue weighted by molar-refractivity contribution is 0.228. The molecule has 9 heteroatoms. The van der Waals surface area contributed by atoms with Gasteiger partial charge in [-0.2, -0.15) is 15.0 Å². The quantitative estimate of drug-likeness (QED) is 0.557. The molecule has 0 saturated carbocycles. The summed E-state index contributed by atoms with van der Waals surface area (Å²) in [6.07, 6.45) is 0. The van der Waals surface area contributed by atoms with E-state index in [2.05, 4.69) is 15.0 Å². The second-order valence-electron chi connectivity index (χ2n) is 4.91. The van der Waals surface area contributed by atoms with Crippen molar-refractivity contribution < 1.29 is 13.6 Å². The van der Waals surface area contributed by atoms with Gasteiger partial charge in [0.25, 0.3) is 0 Å². The predicted molar refractivity (Wildman–Crippen MR) is 97.4 cm³/mol. The summed E-state index contributed by atoms with van der Waals surface area (Å²) in [6.45, 7) is 15.1. The van der Waals surface area contributed by atoms with Crippen LogP contribution in [0.2, 0.25) is 0 Å². The molecule has 0 aromatic carbocycles. The van der Waals surface area contributed by atoms with Crippen LogP contribution in [-0.2, 0) is 13.6 Å². The minimum atomic E-state index is -3.56. The Morgan fingerprint density at radius 2 is 1.12 bits per heavy atom. The van der Waals surface area contributed by atoms with Crippen LogP contribution in [0.4, 0.5) is 11.9 Å². The highest BCUT2D eigenvalue weighted by atomic mass is 31.2. The molecule has 0 saturated heterocycles. The molecule has 8 nitrogen and oxygen atoms in total. The number of hydrogen-bond donors (Lipinski definition) is 0. The van der Waals surface area contributed by atoms with Gasteiger partial charge in [0.1, 0.15) is 0 Å². The van der Waals surface area contributed by atoms with Crippen LogP contribution in [0.3, 0.4) is 0 Å². The largest absolute Gasteiger partial charge is 0.398 e. The van der Waals surface area contributed by atoms with Gasteiger partial charge in [-0.25, -0.2) is 0 Å². The molecule has 0 aliphatic heterocycles. The van der Waals surface area contributed by atoms with E-state index in [-0.39, 0.29) is 18.8 Å². The fraction of sp³-hybridized carbons (Fsp3) is 0.800. The van der Waals surface area contributed by atoms with E-state index in [4.69, 9.17) is 9.05 Å². The topological polar surface area (TPSA) is 80.7 Å². The summed E-state index contributed by atoms with van der Waals surface area (Å²) < 4.78 is 23.9. The second kappa shape index (κ2) is 9.91. The number of nitrogens with zero attached hydrogens (tertiary/aromatic N) is 5. The summed E-state index contributed by atoms with van der Waals surface area (Å²) in [6, 6.07) is 0. The van der Waals surface area contributed by atoms with E-state index in [1.807, 2.05) is 37.5 Å². The minimum absolute atomic E-state index is 0.0741. The SMILES string of the molecule is CCOP(=O)(OCC)c1nc(N(CC)CC)nc(N(CC)CC)n1. The first kappa shape index (κ1) is 20.8. The molecule has 0 aliphatic carbocycles. The van der Waals surface area contributed by atoms with Crippen molar-refractivity contribution in [3.05, 3.63) is 0 Å². The second-order valence-corrected chi connectivity index (χ2v) is 6.82. The first-order valence-electron chi connectivity index (χ1n) is 8.65. The van der Waals surface area contributed by atoms with Crippen LogP contribution in [-0.4, -0.2) is 54.3 Å². The number of hydrogen-bond acceptors (Lipinski definition) is 8. The van der Waals surface area contributed by atoms with E-state index in [0.717, 1.165) is 26.2 Å². The Morgan fingerprint density at radius 1 is 0.750 bits per heavy atom. The Morgan fingerprint density at radius 3 is 1.42 bits per heavy atom. The smallest absolute Gasteiger partial charge is 0.341 e. The lowest BCUT2D eigenvalue weighted by atomic mass is 10.5. The first-order chi connectivity index (χ1) is 11.5. The summed E-state index contributed by atoms with van der Waals surface area (Å²) >= 11 is 0. The van der Waals surface area contributed by atoms with Crippen molar-refractivity contribution >= 4 is 25.1 Å². The third-order valence-electron chi connectivity index (χ3n) is 3.54. The van der Waals surface area contributed by atoms with Crippen molar-refractivity contribution in [3.8, 4) is 0 Å². The lowest BCUT2D eigenvalue weighted by Gasteiger charge is -2.24. The zero-order valence-electron chi connectivity index (χ0n) is 15.7. The summed E-state index contributed by atoms with van der Waals surface area (Å²) in [7, 11) is -3.56. The molecule has 0 atom stereocenters. The third kappa shape index (κ3) is 4.88. The van der Waals surface area contributed by atoms with E-state index in [9.17, 15) is 4.57 Å². The van der Waals surface area contributed by atoms with E-state index in [1.54, 1.807) is 13.8 Å². The van der Waals surface area contributed by atoms with Crippen molar-refractivity contribution in [3.63, 3.8) is 0 Å². The maximum absolute atomic E-state index is 13.1. The fourth-order valence-corrected chi connectivity index (χ4v) is 3.66. The van der Waals surface area contributed by atoms with Gasteiger partial charge in [0, 0.05) is 26.2 Å². The zero-order valence-corrected chi connectivity index (χ0v) is 16.5. The lowest BCUT2D eigenvalue weighted by Crippen LogP contribution is -2.33. The Balaban J connectivity index is 3.49. The maximum atomic E-state index is 13.1. The average molecular weight is 359 g/mol. The van der Waals surface area contributed by atoms with Gasteiger partial charge in [-0.15, -0.1) is 0 Å². The van der Waals surface area contributed by atoms with Crippen molar-refractivity contribution in [2.75, 3.05) is 49.2 Å².